The second kappa shape index (κ2) is 4.10. The predicted molar refractivity (Wildman–Crippen MR) is 81.4 cm³/mol. The van der Waals surface area contributed by atoms with Crippen molar-refractivity contribution in [2.24, 2.45) is 0 Å². The Balaban J connectivity index is 1.91. The van der Waals surface area contributed by atoms with E-state index >= 15 is 0 Å². The molecule has 3 nitrogen and oxygen atoms in total. The molecular formula is C17H12N2O. The summed E-state index contributed by atoms with van der Waals surface area (Å²) in [5.74, 6) is 0.622. The van der Waals surface area contributed by atoms with Gasteiger partial charge in [0, 0.05) is 17.3 Å². The molecule has 0 fully saturated rings. The van der Waals surface area contributed by atoms with E-state index in [1.165, 1.54) is 10.8 Å². The minimum Gasteiger partial charge on any atom is -0.436 e. The van der Waals surface area contributed by atoms with Crippen molar-refractivity contribution in [3.63, 3.8) is 0 Å². The van der Waals surface area contributed by atoms with Crippen molar-refractivity contribution in [1.82, 2.24) is 4.98 Å². The van der Waals surface area contributed by atoms with Gasteiger partial charge in [0.15, 0.2) is 5.58 Å². The zero-order valence-electron chi connectivity index (χ0n) is 10.7. The third-order valence-corrected chi connectivity index (χ3v) is 3.41. The van der Waals surface area contributed by atoms with Gasteiger partial charge in [-0.3, -0.25) is 0 Å². The van der Waals surface area contributed by atoms with E-state index < -0.39 is 0 Å². The number of fused-ring (bicyclic) bond motifs is 2. The lowest BCUT2D eigenvalue weighted by molar-refractivity contribution is 0.620. The van der Waals surface area contributed by atoms with E-state index in [2.05, 4.69) is 29.2 Å². The summed E-state index contributed by atoms with van der Waals surface area (Å²) in [4.78, 5) is 4.51. The zero-order valence-corrected chi connectivity index (χ0v) is 10.7. The lowest BCUT2D eigenvalue weighted by atomic mass is 10.1. The van der Waals surface area contributed by atoms with Crippen LogP contribution in [0.2, 0.25) is 0 Å². The molecule has 4 rings (SSSR count). The van der Waals surface area contributed by atoms with Crippen LogP contribution in [-0.4, -0.2) is 4.98 Å². The van der Waals surface area contributed by atoms with E-state index in [1.54, 1.807) is 6.07 Å². The topological polar surface area (TPSA) is 52.0 Å². The summed E-state index contributed by atoms with van der Waals surface area (Å²) in [6.07, 6.45) is 0. The summed E-state index contributed by atoms with van der Waals surface area (Å²) in [7, 11) is 0. The summed E-state index contributed by atoms with van der Waals surface area (Å²) in [5.41, 5.74) is 8.95. The van der Waals surface area contributed by atoms with Crippen molar-refractivity contribution in [3.05, 3.63) is 60.7 Å². The molecule has 3 heteroatoms. The fourth-order valence-corrected chi connectivity index (χ4v) is 2.39. The van der Waals surface area contributed by atoms with Crippen molar-refractivity contribution < 1.29 is 4.42 Å². The highest BCUT2D eigenvalue weighted by atomic mass is 16.3. The number of anilines is 1. The van der Waals surface area contributed by atoms with E-state index in [-0.39, 0.29) is 0 Å². The van der Waals surface area contributed by atoms with Crippen molar-refractivity contribution in [2.75, 3.05) is 5.73 Å². The Labute approximate surface area is 115 Å². The highest BCUT2D eigenvalue weighted by molar-refractivity contribution is 5.87. The average Bonchev–Trinajstić information content (AvgIpc) is 2.89. The smallest absolute Gasteiger partial charge is 0.227 e. The van der Waals surface area contributed by atoms with Crippen LogP contribution in [0.25, 0.3) is 33.3 Å². The molecule has 0 aliphatic heterocycles. The Morgan fingerprint density at radius 2 is 1.70 bits per heavy atom. The molecule has 0 radical (unpaired) electrons. The van der Waals surface area contributed by atoms with Crippen molar-refractivity contribution >= 4 is 27.6 Å². The van der Waals surface area contributed by atoms with E-state index in [0.29, 0.717) is 17.2 Å². The Morgan fingerprint density at radius 3 is 2.60 bits per heavy atom. The number of hydrogen-bond acceptors (Lipinski definition) is 3. The van der Waals surface area contributed by atoms with Crippen LogP contribution in [0.5, 0.6) is 0 Å². The largest absolute Gasteiger partial charge is 0.436 e. The lowest BCUT2D eigenvalue weighted by Crippen LogP contribution is -1.81. The highest BCUT2D eigenvalue weighted by Crippen LogP contribution is 2.27. The molecule has 0 aliphatic carbocycles. The van der Waals surface area contributed by atoms with Crippen molar-refractivity contribution in [3.8, 4) is 11.5 Å². The molecular weight excluding hydrogens is 248 g/mol. The summed E-state index contributed by atoms with van der Waals surface area (Å²) < 4.78 is 5.79. The second-order valence-corrected chi connectivity index (χ2v) is 4.81. The maximum absolute atomic E-state index is 5.79. The minimum atomic E-state index is 0.622. The average molecular weight is 260 g/mol. The Bertz CT molecular complexity index is 924. The second-order valence-electron chi connectivity index (χ2n) is 4.81. The van der Waals surface area contributed by atoms with Gasteiger partial charge in [0.1, 0.15) is 5.52 Å². The summed E-state index contributed by atoms with van der Waals surface area (Å²) in [6.45, 7) is 0. The fraction of sp³-hybridized carbons (Fsp3) is 0. The predicted octanol–water partition coefficient (Wildman–Crippen LogP) is 4.23. The van der Waals surface area contributed by atoms with Crippen LogP contribution < -0.4 is 5.73 Å². The number of aromatic nitrogens is 1. The molecule has 1 heterocycles. The van der Waals surface area contributed by atoms with E-state index in [4.69, 9.17) is 10.2 Å². The SMILES string of the molecule is Nc1ccc2nc(-c3ccc4ccccc4c3)oc2c1. The first-order valence-corrected chi connectivity index (χ1v) is 6.45. The normalized spacial score (nSPS) is 11.2. The molecule has 0 saturated carbocycles. The molecule has 0 atom stereocenters. The molecule has 3 aromatic carbocycles. The van der Waals surface area contributed by atoms with Crippen LogP contribution in [0.3, 0.4) is 0 Å². The third kappa shape index (κ3) is 1.72. The van der Waals surface area contributed by atoms with Crippen LogP contribution in [0, 0.1) is 0 Å². The van der Waals surface area contributed by atoms with Gasteiger partial charge in [-0.1, -0.05) is 30.3 Å². The maximum atomic E-state index is 5.79. The number of nitrogens with zero attached hydrogens (tertiary/aromatic N) is 1. The summed E-state index contributed by atoms with van der Waals surface area (Å²) >= 11 is 0. The molecule has 0 amide bonds. The zero-order chi connectivity index (χ0) is 13.5. The first-order chi connectivity index (χ1) is 9.79. The Morgan fingerprint density at radius 1 is 0.850 bits per heavy atom. The number of oxazole rings is 1. The van der Waals surface area contributed by atoms with Gasteiger partial charge < -0.3 is 10.2 Å². The van der Waals surface area contributed by atoms with Gasteiger partial charge in [-0.15, -0.1) is 0 Å². The van der Waals surface area contributed by atoms with Crippen molar-refractivity contribution in [2.45, 2.75) is 0 Å². The quantitative estimate of drug-likeness (QED) is 0.521. The number of rotatable bonds is 1. The third-order valence-electron chi connectivity index (χ3n) is 3.41. The minimum absolute atomic E-state index is 0.622. The number of benzene rings is 3. The Kier molecular flexibility index (Phi) is 2.27. The maximum Gasteiger partial charge on any atom is 0.227 e. The van der Waals surface area contributed by atoms with Gasteiger partial charge in [0.2, 0.25) is 5.89 Å². The van der Waals surface area contributed by atoms with E-state index in [9.17, 15) is 0 Å². The van der Waals surface area contributed by atoms with Crippen LogP contribution in [-0.2, 0) is 0 Å². The summed E-state index contributed by atoms with van der Waals surface area (Å²) in [5, 5.41) is 2.38. The molecule has 0 aliphatic rings. The van der Waals surface area contributed by atoms with Gasteiger partial charge in [-0.25, -0.2) is 4.98 Å². The van der Waals surface area contributed by atoms with Crippen LogP contribution >= 0.6 is 0 Å². The standard InChI is InChI=1S/C17H12N2O/c18-14-7-8-15-16(10-14)20-17(19-15)13-6-5-11-3-1-2-4-12(11)9-13/h1-10H,18H2. The number of hydrogen-bond donors (Lipinski definition) is 1. The molecule has 0 spiro atoms. The van der Waals surface area contributed by atoms with Crippen molar-refractivity contribution in [1.29, 1.82) is 0 Å². The molecule has 0 unspecified atom stereocenters. The molecule has 2 N–H and O–H groups in total. The Hall–Kier alpha value is -2.81. The molecule has 20 heavy (non-hydrogen) atoms. The van der Waals surface area contributed by atoms with E-state index in [0.717, 1.165) is 11.1 Å². The monoisotopic (exact) mass is 260 g/mol. The molecule has 1 aromatic heterocycles. The highest BCUT2D eigenvalue weighted by Gasteiger charge is 2.08. The first kappa shape index (κ1) is 11.1. The van der Waals surface area contributed by atoms with E-state index in [1.807, 2.05) is 30.3 Å². The van der Waals surface area contributed by atoms with Gasteiger partial charge in [0.25, 0.3) is 0 Å². The lowest BCUT2D eigenvalue weighted by Gasteiger charge is -1.99. The van der Waals surface area contributed by atoms with Crippen LogP contribution in [0.15, 0.2) is 65.1 Å². The molecule has 0 saturated heterocycles. The molecule has 96 valence electrons. The molecule has 0 bridgehead atoms. The van der Waals surface area contributed by atoms with Gasteiger partial charge in [0.05, 0.1) is 0 Å². The van der Waals surface area contributed by atoms with Gasteiger partial charge in [-0.05, 0) is 35.0 Å². The number of nitrogens with two attached hydrogens (primary N) is 1. The van der Waals surface area contributed by atoms with Gasteiger partial charge in [-0.2, -0.15) is 0 Å². The first-order valence-electron chi connectivity index (χ1n) is 6.45. The fourth-order valence-electron chi connectivity index (χ4n) is 2.39. The molecule has 4 aromatic rings. The van der Waals surface area contributed by atoms with Gasteiger partial charge >= 0.3 is 0 Å². The summed E-state index contributed by atoms with van der Waals surface area (Å²) in [6, 6.07) is 19.9. The number of nitrogen functional groups attached to an aromatic ring is 1. The van der Waals surface area contributed by atoms with Crippen LogP contribution in [0.4, 0.5) is 5.69 Å². The van der Waals surface area contributed by atoms with Crippen LogP contribution in [0.1, 0.15) is 0 Å².